The fourth-order valence-electron chi connectivity index (χ4n) is 3.01. The molecule has 0 bridgehead atoms. The highest BCUT2D eigenvalue weighted by atomic mass is 32.2. The maximum absolute atomic E-state index is 3.70. The molecule has 0 radical (unpaired) electrons. The number of hydrogen-bond donors (Lipinski definition) is 1. The van der Waals surface area contributed by atoms with Gasteiger partial charge in [-0.25, -0.2) is 0 Å². The highest BCUT2D eigenvalue weighted by Gasteiger charge is 2.23. The monoisotopic (exact) mass is 249 g/mol. The van der Waals surface area contributed by atoms with Crippen LogP contribution in [0.5, 0.6) is 0 Å². The van der Waals surface area contributed by atoms with Gasteiger partial charge in [0.05, 0.1) is 0 Å². The first-order valence-electron chi connectivity index (χ1n) is 6.58. The molecule has 0 heterocycles. The van der Waals surface area contributed by atoms with E-state index in [0.29, 0.717) is 6.04 Å². The summed E-state index contributed by atoms with van der Waals surface area (Å²) < 4.78 is 0. The van der Waals surface area contributed by atoms with Crippen molar-refractivity contribution in [1.82, 2.24) is 0 Å². The van der Waals surface area contributed by atoms with Crippen LogP contribution in [0.4, 0.5) is 5.69 Å². The zero-order valence-electron chi connectivity index (χ0n) is 11.1. The van der Waals surface area contributed by atoms with Crippen molar-refractivity contribution in [2.24, 2.45) is 11.8 Å². The third-order valence-corrected chi connectivity index (χ3v) is 4.34. The number of benzene rings is 1. The molecule has 1 fully saturated rings. The minimum absolute atomic E-state index is 0.658. The molecule has 0 saturated heterocycles. The molecular formula is C15H23NS. The Morgan fingerprint density at radius 3 is 2.47 bits per heavy atom. The second kappa shape index (κ2) is 5.81. The zero-order chi connectivity index (χ0) is 12.3. The zero-order valence-corrected chi connectivity index (χ0v) is 11.9. The molecule has 2 unspecified atom stereocenters. The lowest BCUT2D eigenvalue weighted by molar-refractivity contribution is 0.281. The van der Waals surface area contributed by atoms with E-state index in [1.807, 2.05) is 0 Å². The van der Waals surface area contributed by atoms with E-state index in [1.54, 1.807) is 11.8 Å². The van der Waals surface area contributed by atoms with E-state index in [2.05, 4.69) is 49.7 Å². The minimum Gasteiger partial charge on any atom is -0.382 e. The van der Waals surface area contributed by atoms with Crippen LogP contribution in [0, 0.1) is 11.8 Å². The van der Waals surface area contributed by atoms with Crippen LogP contribution < -0.4 is 5.32 Å². The van der Waals surface area contributed by atoms with Gasteiger partial charge < -0.3 is 5.32 Å². The summed E-state index contributed by atoms with van der Waals surface area (Å²) in [4.78, 5) is 1.34. The van der Waals surface area contributed by atoms with Gasteiger partial charge >= 0.3 is 0 Å². The molecule has 94 valence electrons. The Bertz CT molecular complexity index is 354. The third kappa shape index (κ3) is 3.67. The van der Waals surface area contributed by atoms with Crippen molar-refractivity contribution in [2.75, 3.05) is 11.6 Å². The molecular weight excluding hydrogens is 226 g/mol. The molecule has 1 N–H and O–H groups in total. The largest absolute Gasteiger partial charge is 0.382 e. The van der Waals surface area contributed by atoms with Gasteiger partial charge in [0.25, 0.3) is 0 Å². The van der Waals surface area contributed by atoms with Crippen LogP contribution in [0.15, 0.2) is 29.2 Å². The Labute approximate surface area is 109 Å². The summed E-state index contributed by atoms with van der Waals surface area (Å²) in [6, 6.07) is 9.41. The van der Waals surface area contributed by atoms with E-state index < -0.39 is 0 Å². The maximum Gasteiger partial charge on any atom is 0.0353 e. The van der Waals surface area contributed by atoms with Crippen molar-refractivity contribution < 1.29 is 0 Å². The number of thioether (sulfide) groups is 1. The van der Waals surface area contributed by atoms with E-state index in [9.17, 15) is 0 Å². The number of anilines is 1. The normalized spacial score (nSPS) is 29.0. The average Bonchev–Trinajstić information content (AvgIpc) is 2.28. The van der Waals surface area contributed by atoms with Gasteiger partial charge in [0.15, 0.2) is 0 Å². The average molecular weight is 249 g/mol. The Kier molecular flexibility index (Phi) is 4.38. The predicted molar refractivity (Wildman–Crippen MR) is 77.8 cm³/mol. The van der Waals surface area contributed by atoms with Crippen LogP contribution in [0.25, 0.3) is 0 Å². The van der Waals surface area contributed by atoms with Crippen LogP contribution in [0.1, 0.15) is 33.1 Å². The van der Waals surface area contributed by atoms with Gasteiger partial charge in [0.1, 0.15) is 0 Å². The van der Waals surface area contributed by atoms with Crippen molar-refractivity contribution in [3.8, 4) is 0 Å². The molecule has 17 heavy (non-hydrogen) atoms. The fourth-order valence-corrected chi connectivity index (χ4v) is 3.47. The van der Waals surface area contributed by atoms with Crippen LogP contribution in [-0.2, 0) is 0 Å². The Morgan fingerprint density at radius 1 is 1.12 bits per heavy atom. The summed E-state index contributed by atoms with van der Waals surface area (Å²) in [5.74, 6) is 1.72. The van der Waals surface area contributed by atoms with Gasteiger partial charge in [0.2, 0.25) is 0 Å². The molecule has 2 heteroatoms. The Balaban J connectivity index is 1.99. The Hall–Kier alpha value is -0.630. The molecule has 1 aromatic rings. The smallest absolute Gasteiger partial charge is 0.0353 e. The molecule has 1 aliphatic rings. The Morgan fingerprint density at radius 2 is 1.82 bits per heavy atom. The molecule has 1 aromatic carbocycles. The molecule has 0 amide bonds. The van der Waals surface area contributed by atoms with Crippen molar-refractivity contribution in [3.63, 3.8) is 0 Å². The molecule has 1 aliphatic carbocycles. The topological polar surface area (TPSA) is 12.0 Å². The van der Waals surface area contributed by atoms with Crippen LogP contribution in [-0.4, -0.2) is 12.3 Å². The maximum atomic E-state index is 3.70. The summed E-state index contributed by atoms with van der Waals surface area (Å²) in [6.45, 7) is 4.76. The molecule has 1 nitrogen and oxygen atoms in total. The lowest BCUT2D eigenvalue weighted by Gasteiger charge is -2.32. The molecule has 0 spiro atoms. The summed E-state index contributed by atoms with van der Waals surface area (Å²) in [5, 5.41) is 3.70. The minimum atomic E-state index is 0.658. The lowest BCUT2D eigenvalue weighted by Crippen LogP contribution is -2.30. The summed E-state index contributed by atoms with van der Waals surface area (Å²) in [7, 11) is 0. The second-order valence-electron chi connectivity index (χ2n) is 5.49. The molecule has 0 aliphatic heterocycles. The molecule has 2 rings (SSSR count). The third-order valence-electron chi connectivity index (χ3n) is 3.62. The number of hydrogen-bond acceptors (Lipinski definition) is 2. The fraction of sp³-hybridized carbons (Fsp3) is 0.600. The highest BCUT2D eigenvalue weighted by Crippen LogP contribution is 2.31. The van der Waals surface area contributed by atoms with Gasteiger partial charge in [-0.3, -0.25) is 0 Å². The molecule has 1 saturated carbocycles. The van der Waals surface area contributed by atoms with E-state index >= 15 is 0 Å². The van der Waals surface area contributed by atoms with Gasteiger partial charge in [-0.15, -0.1) is 11.8 Å². The van der Waals surface area contributed by atoms with Crippen molar-refractivity contribution in [1.29, 1.82) is 0 Å². The van der Waals surface area contributed by atoms with Crippen molar-refractivity contribution in [2.45, 2.75) is 44.0 Å². The first-order valence-corrected chi connectivity index (χ1v) is 7.80. The predicted octanol–water partition coefficient (Wildman–Crippen LogP) is 4.65. The van der Waals surface area contributed by atoms with Crippen LogP contribution in [0.3, 0.4) is 0 Å². The SMILES string of the molecule is CSc1cccc(NC2CC(C)CC(C)C2)c1. The molecule has 0 aromatic heterocycles. The first-order chi connectivity index (χ1) is 8.17. The number of nitrogens with one attached hydrogen (secondary N) is 1. The highest BCUT2D eigenvalue weighted by molar-refractivity contribution is 7.98. The molecule has 2 atom stereocenters. The van der Waals surface area contributed by atoms with Gasteiger partial charge in [-0.05, 0) is 55.6 Å². The summed E-state index contributed by atoms with van der Waals surface area (Å²) in [6.07, 6.45) is 6.15. The summed E-state index contributed by atoms with van der Waals surface area (Å²) in [5.41, 5.74) is 1.28. The van der Waals surface area contributed by atoms with Gasteiger partial charge in [-0.1, -0.05) is 19.9 Å². The van der Waals surface area contributed by atoms with E-state index in [1.165, 1.54) is 29.8 Å². The van der Waals surface area contributed by atoms with Gasteiger partial charge in [-0.2, -0.15) is 0 Å². The first kappa shape index (κ1) is 12.8. The lowest BCUT2D eigenvalue weighted by atomic mass is 9.80. The van der Waals surface area contributed by atoms with Crippen LogP contribution in [0.2, 0.25) is 0 Å². The number of rotatable bonds is 3. The second-order valence-corrected chi connectivity index (χ2v) is 6.37. The standard InChI is InChI=1S/C15H23NS/c1-11-7-12(2)9-14(8-11)16-13-5-4-6-15(10-13)17-3/h4-6,10-12,14,16H,7-9H2,1-3H3. The van der Waals surface area contributed by atoms with E-state index in [4.69, 9.17) is 0 Å². The summed E-state index contributed by atoms with van der Waals surface area (Å²) >= 11 is 1.81. The van der Waals surface area contributed by atoms with Crippen LogP contribution >= 0.6 is 11.8 Å². The van der Waals surface area contributed by atoms with Crippen molar-refractivity contribution in [3.05, 3.63) is 24.3 Å². The van der Waals surface area contributed by atoms with E-state index in [-0.39, 0.29) is 0 Å². The van der Waals surface area contributed by atoms with Gasteiger partial charge in [0, 0.05) is 16.6 Å². The quantitative estimate of drug-likeness (QED) is 0.783. The van der Waals surface area contributed by atoms with E-state index in [0.717, 1.165) is 11.8 Å². The van der Waals surface area contributed by atoms with Crippen molar-refractivity contribution >= 4 is 17.4 Å².